The zero-order valence-corrected chi connectivity index (χ0v) is 14.1. The third-order valence-electron chi connectivity index (χ3n) is 3.96. The Labute approximate surface area is 132 Å². The Balaban J connectivity index is 2.05. The van der Waals surface area contributed by atoms with Crippen LogP contribution < -0.4 is 9.62 Å². The van der Waals surface area contributed by atoms with E-state index in [1.54, 1.807) is 23.1 Å². The van der Waals surface area contributed by atoms with E-state index in [1.807, 2.05) is 0 Å². The van der Waals surface area contributed by atoms with E-state index in [0.29, 0.717) is 19.5 Å². The molecule has 0 aliphatic carbocycles. The fraction of sp³-hybridized carbons (Fsp3) is 0.562. The maximum Gasteiger partial charge on any atom is 0.240 e. The number of anilines is 1. The molecule has 0 unspecified atom stereocenters. The largest absolute Gasteiger partial charge is 0.312 e. The topological polar surface area (TPSA) is 66.5 Å². The predicted octanol–water partition coefficient (Wildman–Crippen LogP) is 2.45. The van der Waals surface area contributed by atoms with Crippen molar-refractivity contribution in [1.82, 2.24) is 4.72 Å². The lowest BCUT2D eigenvalue weighted by molar-refractivity contribution is -0.116. The molecular weight excluding hydrogens is 300 g/mol. The van der Waals surface area contributed by atoms with E-state index in [1.165, 1.54) is 6.92 Å². The summed E-state index contributed by atoms with van der Waals surface area (Å²) in [4.78, 5) is 13.5. The average Bonchev–Trinajstić information content (AvgIpc) is 2.90. The highest BCUT2D eigenvalue weighted by atomic mass is 32.2. The second-order valence-corrected chi connectivity index (χ2v) is 7.44. The zero-order chi connectivity index (χ0) is 16.2. The molecule has 1 aliphatic rings. The Morgan fingerprint density at radius 2 is 2.05 bits per heavy atom. The molecule has 22 heavy (non-hydrogen) atoms. The van der Waals surface area contributed by atoms with Crippen molar-refractivity contribution in [2.45, 2.75) is 50.8 Å². The molecule has 5 nitrogen and oxygen atoms in total. The Kier molecular flexibility index (Phi) is 5.58. The highest BCUT2D eigenvalue weighted by Gasteiger charge is 2.24. The SMILES string of the molecule is CCCCCCNS(=O)(=O)c1ccc2c(c1)CCN2C(C)=O. The second kappa shape index (κ2) is 7.24. The molecule has 1 N–H and O–H groups in total. The lowest BCUT2D eigenvalue weighted by Gasteiger charge is -2.15. The molecule has 1 amide bonds. The van der Waals surface area contributed by atoms with Crippen molar-refractivity contribution in [3.05, 3.63) is 23.8 Å². The van der Waals surface area contributed by atoms with Crippen LogP contribution in [0.4, 0.5) is 5.69 Å². The second-order valence-electron chi connectivity index (χ2n) is 5.67. The molecule has 0 spiro atoms. The number of benzene rings is 1. The molecular formula is C16H24N2O3S. The van der Waals surface area contributed by atoms with Gasteiger partial charge in [-0.3, -0.25) is 4.79 Å². The summed E-state index contributed by atoms with van der Waals surface area (Å²) in [5, 5.41) is 0. The molecule has 0 bridgehead atoms. The normalized spacial score (nSPS) is 14.2. The van der Waals surface area contributed by atoms with Gasteiger partial charge in [0.15, 0.2) is 0 Å². The summed E-state index contributed by atoms with van der Waals surface area (Å²) >= 11 is 0. The third-order valence-corrected chi connectivity index (χ3v) is 5.42. The highest BCUT2D eigenvalue weighted by Crippen LogP contribution is 2.30. The lowest BCUT2D eigenvalue weighted by atomic mass is 10.2. The molecule has 0 fully saturated rings. The van der Waals surface area contributed by atoms with Gasteiger partial charge in [-0.1, -0.05) is 26.2 Å². The van der Waals surface area contributed by atoms with Gasteiger partial charge in [-0.25, -0.2) is 13.1 Å². The van der Waals surface area contributed by atoms with Crippen molar-refractivity contribution in [3.8, 4) is 0 Å². The van der Waals surface area contributed by atoms with Gasteiger partial charge in [0.25, 0.3) is 0 Å². The fourth-order valence-corrected chi connectivity index (χ4v) is 3.84. The summed E-state index contributed by atoms with van der Waals surface area (Å²) in [5.74, 6) is -0.0107. The number of nitrogens with zero attached hydrogens (tertiary/aromatic N) is 1. The lowest BCUT2D eigenvalue weighted by Crippen LogP contribution is -2.26. The number of amides is 1. The van der Waals surface area contributed by atoms with E-state index in [0.717, 1.165) is 36.9 Å². The van der Waals surface area contributed by atoms with Crippen molar-refractivity contribution in [2.75, 3.05) is 18.0 Å². The standard InChI is InChI=1S/C16H24N2O3S/c1-3-4-5-6-10-17-22(20,21)15-7-8-16-14(12-15)9-11-18(16)13(2)19/h7-8,12,17H,3-6,9-11H2,1-2H3. The van der Waals surface area contributed by atoms with Crippen LogP contribution in [0.25, 0.3) is 0 Å². The van der Waals surface area contributed by atoms with E-state index in [2.05, 4.69) is 11.6 Å². The van der Waals surface area contributed by atoms with Crippen molar-refractivity contribution >= 4 is 21.6 Å². The number of sulfonamides is 1. The van der Waals surface area contributed by atoms with Gasteiger partial charge in [0.2, 0.25) is 15.9 Å². The molecule has 122 valence electrons. The molecule has 0 atom stereocenters. The number of unbranched alkanes of at least 4 members (excludes halogenated alkanes) is 3. The molecule has 1 aromatic rings. The van der Waals surface area contributed by atoms with Crippen LogP contribution in [-0.4, -0.2) is 27.4 Å². The van der Waals surface area contributed by atoms with E-state index in [-0.39, 0.29) is 10.8 Å². The Morgan fingerprint density at radius 3 is 2.73 bits per heavy atom. The maximum absolute atomic E-state index is 12.3. The van der Waals surface area contributed by atoms with E-state index < -0.39 is 10.0 Å². The zero-order valence-electron chi connectivity index (χ0n) is 13.3. The Morgan fingerprint density at radius 1 is 1.27 bits per heavy atom. The summed E-state index contributed by atoms with van der Waals surface area (Å²) in [6.07, 6.45) is 4.85. The number of nitrogens with one attached hydrogen (secondary N) is 1. The van der Waals surface area contributed by atoms with E-state index in [4.69, 9.17) is 0 Å². The van der Waals surface area contributed by atoms with Crippen molar-refractivity contribution in [1.29, 1.82) is 0 Å². The van der Waals surface area contributed by atoms with Gasteiger partial charge in [-0.2, -0.15) is 0 Å². The Hall–Kier alpha value is -1.40. The summed E-state index contributed by atoms with van der Waals surface area (Å²) in [6.45, 7) is 4.74. The summed E-state index contributed by atoms with van der Waals surface area (Å²) in [7, 11) is -3.46. The molecule has 1 aromatic carbocycles. The molecule has 0 aromatic heterocycles. The van der Waals surface area contributed by atoms with Crippen LogP contribution in [-0.2, 0) is 21.2 Å². The fourth-order valence-electron chi connectivity index (χ4n) is 2.71. The van der Waals surface area contributed by atoms with Crippen LogP contribution in [0.1, 0.15) is 45.1 Å². The first kappa shape index (κ1) is 17.0. The quantitative estimate of drug-likeness (QED) is 0.784. The third kappa shape index (κ3) is 3.87. The van der Waals surface area contributed by atoms with Crippen molar-refractivity contribution in [3.63, 3.8) is 0 Å². The Bertz CT molecular complexity index is 641. The number of rotatable bonds is 7. The number of hydrogen-bond donors (Lipinski definition) is 1. The van der Waals surface area contributed by atoms with Crippen LogP contribution in [0.5, 0.6) is 0 Å². The van der Waals surface area contributed by atoms with Gasteiger partial charge in [0, 0.05) is 25.7 Å². The summed E-state index contributed by atoms with van der Waals surface area (Å²) in [6, 6.07) is 5.00. The van der Waals surface area contributed by atoms with Gasteiger partial charge in [0.1, 0.15) is 0 Å². The van der Waals surface area contributed by atoms with Gasteiger partial charge >= 0.3 is 0 Å². The van der Waals surface area contributed by atoms with E-state index >= 15 is 0 Å². The summed E-state index contributed by atoms with van der Waals surface area (Å²) in [5.41, 5.74) is 1.75. The molecule has 6 heteroatoms. The average molecular weight is 324 g/mol. The van der Waals surface area contributed by atoms with Crippen molar-refractivity contribution < 1.29 is 13.2 Å². The smallest absolute Gasteiger partial charge is 0.240 e. The summed E-state index contributed by atoms with van der Waals surface area (Å²) < 4.78 is 27.2. The number of hydrogen-bond acceptors (Lipinski definition) is 3. The van der Waals surface area contributed by atoms with Crippen LogP contribution in [0.2, 0.25) is 0 Å². The highest BCUT2D eigenvalue weighted by molar-refractivity contribution is 7.89. The predicted molar refractivity (Wildman–Crippen MR) is 87.5 cm³/mol. The first-order chi connectivity index (χ1) is 10.5. The maximum atomic E-state index is 12.3. The van der Waals surface area contributed by atoms with E-state index in [9.17, 15) is 13.2 Å². The molecule has 1 aliphatic heterocycles. The first-order valence-electron chi connectivity index (χ1n) is 7.86. The van der Waals surface area contributed by atoms with Crippen LogP contribution in [0.3, 0.4) is 0 Å². The number of carbonyl (C=O) groups is 1. The van der Waals surface area contributed by atoms with Gasteiger partial charge < -0.3 is 4.90 Å². The van der Waals surface area contributed by atoms with Crippen LogP contribution in [0, 0.1) is 0 Å². The number of carbonyl (C=O) groups excluding carboxylic acids is 1. The van der Waals surface area contributed by atoms with Crippen LogP contribution >= 0.6 is 0 Å². The molecule has 1 heterocycles. The molecule has 2 rings (SSSR count). The molecule has 0 saturated carbocycles. The first-order valence-corrected chi connectivity index (χ1v) is 9.34. The molecule has 0 saturated heterocycles. The van der Waals surface area contributed by atoms with Gasteiger partial charge in [-0.15, -0.1) is 0 Å². The van der Waals surface area contributed by atoms with Crippen molar-refractivity contribution in [2.24, 2.45) is 0 Å². The minimum Gasteiger partial charge on any atom is -0.312 e. The van der Waals surface area contributed by atoms with Gasteiger partial charge in [0.05, 0.1) is 4.90 Å². The van der Waals surface area contributed by atoms with Gasteiger partial charge in [-0.05, 0) is 36.6 Å². The minimum absolute atomic E-state index is 0.0107. The van der Waals surface area contributed by atoms with Crippen LogP contribution in [0.15, 0.2) is 23.1 Å². The molecule has 0 radical (unpaired) electrons. The minimum atomic E-state index is -3.46. The number of fused-ring (bicyclic) bond motifs is 1. The monoisotopic (exact) mass is 324 g/mol.